The maximum Gasteiger partial charge on any atom is 0.354 e. The number of carboxylic acid groups (broad SMARTS) is 1. The molecule has 0 saturated carbocycles. The molecule has 1 aliphatic rings. The lowest BCUT2D eigenvalue weighted by molar-refractivity contribution is 0.0618. The van der Waals surface area contributed by atoms with E-state index < -0.39 is 11.6 Å². The van der Waals surface area contributed by atoms with Crippen LogP contribution in [0, 0.1) is 0 Å². The molecule has 112 valence electrons. The number of rotatable bonds is 2. The first-order chi connectivity index (χ1) is 10.4. The molecule has 2 heterocycles. The lowest BCUT2D eigenvalue weighted by Crippen LogP contribution is -2.35. The SMILES string of the molecule is CC1(C)CC(=O)c2cc(-c3cccc(C(=O)O)n3)ccc2O1. The monoisotopic (exact) mass is 297 g/mol. The molecule has 0 amide bonds. The molecule has 1 aromatic carbocycles. The molecule has 22 heavy (non-hydrogen) atoms. The number of carboxylic acids is 1. The van der Waals surface area contributed by atoms with E-state index in [1.54, 1.807) is 30.3 Å². The van der Waals surface area contributed by atoms with Crippen molar-refractivity contribution in [1.29, 1.82) is 0 Å². The molecule has 1 aromatic heterocycles. The van der Waals surface area contributed by atoms with Crippen LogP contribution >= 0.6 is 0 Å². The molecular formula is C17H15NO4. The van der Waals surface area contributed by atoms with Gasteiger partial charge in [0.1, 0.15) is 17.0 Å². The Bertz CT molecular complexity index is 780. The van der Waals surface area contributed by atoms with Crippen LogP contribution in [0.4, 0.5) is 0 Å². The Balaban J connectivity index is 2.05. The molecule has 0 spiro atoms. The maximum atomic E-state index is 12.3. The number of pyridine rings is 1. The minimum absolute atomic E-state index is 0.0162. The number of fused-ring (bicyclic) bond motifs is 1. The van der Waals surface area contributed by atoms with Crippen LogP contribution in [0.25, 0.3) is 11.3 Å². The summed E-state index contributed by atoms with van der Waals surface area (Å²) in [6.07, 6.45) is 0.312. The molecule has 0 bridgehead atoms. The molecule has 3 rings (SSSR count). The second-order valence-corrected chi connectivity index (χ2v) is 5.89. The summed E-state index contributed by atoms with van der Waals surface area (Å²) in [4.78, 5) is 27.4. The second kappa shape index (κ2) is 4.94. The van der Waals surface area contributed by atoms with Gasteiger partial charge >= 0.3 is 5.97 Å². The number of hydrogen-bond acceptors (Lipinski definition) is 4. The average Bonchev–Trinajstić information content (AvgIpc) is 2.46. The van der Waals surface area contributed by atoms with Crippen LogP contribution in [-0.2, 0) is 0 Å². The van der Waals surface area contributed by atoms with Crippen molar-refractivity contribution in [3.63, 3.8) is 0 Å². The minimum Gasteiger partial charge on any atom is -0.487 e. The highest BCUT2D eigenvalue weighted by molar-refractivity contribution is 6.01. The number of Topliss-reactive ketones (excluding diaryl/α,β-unsaturated/α-hetero) is 1. The molecular weight excluding hydrogens is 282 g/mol. The molecule has 5 nitrogen and oxygen atoms in total. The fourth-order valence-electron chi connectivity index (χ4n) is 2.53. The third-order valence-corrected chi connectivity index (χ3v) is 3.52. The third kappa shape index (κ3) is 2.57. The van der Waals surface area contributed by atoms with Crippen molar-refractivity contribution >= 4 is 11.8 Å². The number of benzene rings is 1. The fourth-order valence-corrected chi connectivity index (χ4v) is 2.53. The summed E-state index contributed by atoms with van der Waals surface area (Å²) in [7, 11) is 0. The Morgan fingerprint density at radius 3 is 2.77 bits per heavy atom. The van der Waals surface area contributed by atoms with Gasteiger partial charge in [0.15, 0.2) is 5.78 Å². The lowest BCUT2D eigenvalue weighted by Gasteiger charge is -2.31. The number of ketones is 1. The predicted octanol–water partition coefficient (Wildman–Crippen LogP) is 3.19. The van der Waals surface area contributed by atoms with Gasteiger partial charge in [-0.2, -0.15) is 0 Å². The normalized spacial score (nSPS) is 15.8. The third-order valence-electron chi connectivity index (χ3n) is 3.52. The predicted molar refractivity (Wildman–Crippen MR) is 80.3 cm³/mol. The van der Waals surface area contributed by atoms with Gasteiger partial charge < -0.3 is 9.84 Å². The van der Waals surface area contributed by atoms with Gasteiger partial charge in [-0.25, -0.2) is 9.78 Å². The van der Waals surface area contributed by atoms with Gasteiger partial charge in [0.2, 0.25) is 0 Å². The molecule has 1 N–H and O–H groups in total. The summed E-state index contributed by atoms with van der Waals surface area (Å²) in [6, 6.07) is 10.0. The zero-order chi connectivity index (χ0) is 15.9. The summed E-state index contributed by atoms with van der Waals surface area (Å²) in [6.45, 7) is 3.75. The van der Waals surface area contributed by atoms with Crippen molar-refractivity contribution in [3.05, 3.63) is 47.7 Å². The van der Waals surface area contributed by atoms with Crippen molar-refractivity contribution < 1.29 is 19.4 Å². The van der Waals surface area contributed by atoms with E-state index in [4.69, 9.17) is 9.84 Å². The first-order valence-electron chi connectivity index (χ1n) is 6.93. The molecule has 5 heteroatoms. The van der Waals surface area contributed by atoms with Gasteiger partial charge in [-0.05, 0) is 44.2 Å². The van der Waals surface area contributed by atoms with E-state index in [0.29, 0.717) is 29.0 Å². The topological polar surface area (TPSA) is 76.5 Å². The van der Waals surface area contributed by atoms with E-state index in [1.165, 1.54) is 6.07 Å². The summed E-state index contributed by atoms with van der Waals surface area (Å²) in [5.74, 6) is -0.511. The molecule has 0 radical (unpaired) electrons. The van der Waals surface area contributed by atoms with E-state index in [0.717, 1.165) is 0 Å². The fraction of sp³-hybridized carbons (Fsp3) is 0.235. The minimum atomic E-state index is -1.08. The smallest absolute Gasteiger partial charge is 0.354 e. The van der Waals surface area contributed by atoms with E-state index in [-0.39, 0.29) is 11.5 Å². The molecule has 0 aliphatic carbocycles. The van der Waals surface area contributed by atoms with Crippen LogP contribution in [0.3, 0.4) is 0 Å². The molecule has 0 fully saturated rings. The maximum absolute atomic E-state index is 12.3. The van der Waals surface area contributed by atoms with Crippen molar-refractivity contribution in [2.24, 2.45) is 0 Å². The largest absolute Gasteiger partial charge is 0.487 e. The van der Waals surface area contributed by atoms with Gasteiger partial charge in [-0.15, -0.1) is 0 Å². The lowest BCUT2D eigenvalue weighted by atomic mass is 9.92. The Kier molecular flexibility index (Phi) is 3.20. The van der Waals surface area contributed by atoms with E-state index in [1.807, 2.05) is 13.8 Å². The summed E-state index contributed by atoms with van der Waals surface area (Å²) < 4.78 is 5.81. The van der Waals surface area contributed by atoms with Crippen molar-refractivity contribution in [1.82, 2.24) is 4.98 Å². The van der Waals surface area contributed by atoms with Gasteiger partial charge in [0.25, 0.3) is 0 Å². The van der Waals surface area contributed by atoms with Gasteiger partial charge in [0.05, 0.1) is 17.7 Å². The first-order valence-corrected chi connectivity index (χ1v) is 6.93. The van der Waals surface area contributed by atoms with Gasteiger partial charge in [-0.1, -0.05) is 6.07 Å². The molecule has 0 saturated heterocycles. The number of hydrogen-bond donors (Lipinski definition) is 1. The van der Waals surface area contributed by atoms with E-state index in [9.17, 15) is 9.59 Å². The summed E-state index contributed by atoms with van der Waals surface area (Å²) in [5.41, 5.74) is 1.18. The van der Waals surface area contributed by atoms with Crippen LogP contribution in [0.1, 0.15) is 41.1 Å². The molecule has 1 aliphatic heterocycles. The summed E-state index contributed by atoms with van der Waals surface area (Å²) in [5, 5.41) is 9.01. The van der Waals surface area contributed by atoms with Crippen LogP contribution in [0.15, 0.2) is 36.4 Å². The van der Waals surface area contributed by atoms with Crippen LogP contribution < -0.4 is 4.74 Å². The molecule has 2 aromatic rings. The quantitative estimate of drug-likeness (QED) is 0.921. The van der Waals surface area contributed by atoms with E-state index >= 15 is 0 Å². The molecule has 0 atom stereocenters. The van der Waals surface area contributed by atoms with Crippen molar-refractivity contribution in [2.75, 3.05) is 0 Å². The average molecular weight is 297 g/mol. The summed E-state index contributed by atoms with van der Waals surface area (Å²) >= 11 is 0. The highest BCUT2D eigenvalue weighted by Gasteiger charge is 2.32. The number of carbonyl (C=O) groups is 2. The first kappa shape index (κ1) is 14.3. The Morgan fingerprint density at radius 1 is 1.27 bits per heavy atom. The van der Waals surface area contributed by atoms with Crippen LogP contribution in [-0.4, -0.2) is 27.4 Å². The van der Waals surface area contributed by atoms with Crippen molar-refractivity contribution in [2.45, 2.75) is 25.9 Å². The zero-order valence-corrected chi connectivity index (χ0v) is 12.3. The number of aromatic nitrogens is 1. The number of carbonyl (C=O) groups excluding carboxylic acids is 1. The number of ether oxygens (including phenoxy) is 1. The standard InChI is InChI=1S/C17H15NO4/c1-17(2)9-14(19)11-8-10(6-7-15(11)22-17)12-4-3-5-13(18-12)16(20)21/h3-8H,9H2,1-2H3,(H,20,21). The Hall–Kier alpha value is -2.69. The number of aromatic carboxylic acids is 1. The Labute approximate surface area is 127 Å². The van der Waals surface area contributed by atoms with Crippen LogP contribution in [0.5, 0.6) is 5.75 Å². The number of nitrogens with zero attached hydrogens (tertiary/aromatic N) is 1. The second-order valence-electron chi connectivity index (χ2n) is 5.89. The highest BCUT2D eigenvalue weighted by Crippen LogP contribution is 2.35. The van der Waals surface area contributed by atoms with Crippen molar-refractivity contribution in [3.8, 4) is 17.0 Å². The van der Waals surface area contributed by atoms with Gasteiger partial charge in [-0.3, -0.25) is 4.79 Å². The highest BCUT2D eigenvalue weighted by atomic mass is 16.5. The van der Waals surface area contributed by atoms with E-state index in [2.05, 4.69) is 4.98 Å². The van der Waals surface area contributed by atoms with Gasteiger partial charge in [0, 0.05) is 5.56 Å². The molecule has 0 unspecified atom stereocenters. The zero-order valence-electron chi connectivity index (χ0n) is 12.3. The Morgan fingerprint density at radius 2 is 2.05 bits per heavy atom. The van der Waals surface area contributed by atoms with Crippen LogP contribution in [0.2, 0.25) is 0 Å².